The summed E-state index contributed by atoms with van der Waals surface area (Å²) in [6, 6.07) is 10.1. The minimum atomic E-state index is -0.486. The van der Waals surface area contributed by atoms with Gasteiger partial charge < -0.3 is 4.74 Å². The molecule has 4 heteroatoms. The normalized spacial score (nSPS) is 18.5. The van der Waals surface area contributed by atoms with Gasteiger partial charge in [0, 0.05) is 11.6 Å². The summed E-state index contributed by atoms with van der Waals surface area (Å²) in [5, 5.41) is 0. The maximum absolute atomic E-state index is 14.5. The van der Waals surface area contributed by atoms with Crippen molar-refractivity contribution in [1.29, 1.82) is 0 Å². The molecule has 1 aliphatic rings. The molecule has 1 fully saturated rings. The van der Waals surface area contributed by atoms with Crippen molar-refractivity contribution in [3.05, 3.63) is 54.1 Å². The molecule has 174 valence electrons. The van der Waals surface area contributed by atoms with Gasteiger partial charge in [-0.3, -0.25) is 4.79 Å². The third-order valence-corrected chi connectivity index (χ3v) is 6.71. The van der Waals surface area contributed by atoms with Gasteiger partial charge in [0.2, 0.25) is 0 Å². The van der Waals surface area contributed by atoms with Crippen LogP contribution in [0, 0.1) is 23.5 Å². The lowest BCUT2D eigenvalue weighted by Crippen LogP contribution is -2.25. The molecule has 0 radical (unpaired) electrons. The van der Waals surface area contributed by atoms with E-state index >= 15 is 0 Å². The van der Waals surface area contributed by atoms with E-state index < -0.39 is 5.82 Å². The van der Waals surface area contributed by atoms with Gasteiger partial charge in [-0.1, -0.05) is 70.4 Å². The van der Waals surface area contributed by atoms with Gasteiger partial charge in [-0.05, 0) is 61.4 Å². The number of esters is 1. The maximum Gasteiger partial charge on any atom is 0.314 e. The maximum atomic E-state index is 14.5. The van der Waals surface area contributed by atoms with Crippen molar-refractivity contribution >= 4 is 5.97 Å². The van der Waals surface area contributed by atoms with E-state index in [0.717, 1.165) is 31.6 Å². The highest BCUT2D eigenvalue weighted by Crippen LogP contribution is 2.34. The first-order chi connectivity index (χ1) is 15.6. The van der Waals surface area contributed by atoms with Gasteiger partial charge in [-0.2, -0.15) is 0 Å². The van der Waals surface area contributed by atoms with Crippen LogP contribution in [0.1, 0.15) is 84.0 Å². The van der Waals surface area contributed by atoms with Gasteiger partial charge in [-0.15, -0.1) is 0 Å². The Kier molecular flexibility index (Phi) is 9.70. The van der Waals surface area contributed by atoms with Crippen molar-refractivity contribution in [2.45, 2.75) is 84.0 Å². The molecular formula is C28H36F2O2. The van der Waals surface area contributed by atoms with Crippen molar-refractivity contribution in [1.82, 2.24) is 0 Å². The second-order valence-corrected chi connectivity index (χ2v) is 9.20. The number of hydrogen-bond donors (Lipinski definition) is 0. The number of rotatable bonds is 11. The van der Waals surface area contributed by atoms with Crippen LogP contribution in [0.5, 0.6) is 5.75 Å². The molecule has 0 bridgehead atoms. The second kappa shape index (κ2) is 12.7. The first-order valence-electron chi connectivity index (χ1n) is 12.3. The largest absolute Gasteiger partial charge is 0.426 e. The molecule has 0 aliphatic heterocycles. The number of benzene rings is 2. The smallest absolute Gasteiger partial charge is 0.314 e. The summed E-state index contributed by atoms with van der Waals surface area (Å²) < 4.78 is 33.1. The van der Waals surface area contributed by atoms with E-state index in [1.165, 1.54) is 81.7 Å². The molecule has 1 aliphatic carbocycles. The van der Waals surface area contributed by atoms with Gasteiger partial charge >= 0.3 is 5.97 Å². The number of ether oxygens (including phenoxy) is 1. The number of hydrogen-bond acceptors (Lipinski definition) is 2. The Morgan fingerprint density at radius 1 is 0.875 bits per heavy atom. The summed E-state index contributed by atoms with van der Waals surface area (Å²) >= 11 is 0. The second-order valence-electron chi connectivity index (χ2n) is 9.20. The summed E-state index contributed by atoms with van der Waals surface area (Å²) in [5.41, 5.74) is 0.941. The fourth-order valence-electron chi connectivity index (χ4n) is 4.70. The Labute approximate surface area is 191 Å². The van der Waals surface area contributed by atoms with E-state index in [-0.39, 0.29) is 23.5 Å². The van der Waals surface area contributed by atoms with Crippen LogP contribution in [0.25, 0.3) is 11.1 Å². The van der Waals surface area contributed by atoms with Crippen LogP contribution in [0.15, 0.2) is 42.5 Å². The molecule has 0 unspecified atom stereocenters. The summed E-state index contributed by atoms with van der Waals surface area (Å²) in [6.07, 6.45) is 14.5. The molecule has 0 N–H and O–H groups in total. The molecule has 32 heavy (non-hydrogen) atoms. The highest BCUT2D eigenvalue weighted by atomic mass is 19.1. The molecule has 2 nitrogen and oxygen atoms in total. The molecule has 2 aromatic carbocycles. The predicted octanol–water partition coefficient (Wildman–Crippen LogP) is 8.48. The zero-order valence-corrected chi connectivity index (χ0v) is 19.3. The van der Waals surface area contributed by atoms with Crippen molar-refractivity contribution in [2.24, 2.45) is 11.8 Å². The number of halogens is 2. The summed E-state index contributed by atoms with van der Waals surface area (Å²) in [7, 11) is 0. The zero-order chi connectivity index (χ0) is 22.8. The molecule has 3 rings (SSSR count). The lowest BCUT2D eigenvalue weighted by Gasteiger charge is -2.27. The summed E-state index contributed by atoms with van der Waals surface area (Å²) in [6.45, 7) is 2.25. The topological polar surface area (TPSA) is 26.3 Å². The number of unbranched alkanes of at least 4 members (excludes halogenated alkanes) is 6. The monoisotopic (exact) mass is 442 g/mol. The standard InChI is InChI=1S/C28H36F2O2/c1-2-3-4-5-6-7-8-9-21-10-12-23(13-11-21)28(31)32-25-18-19-26(27(30)20-25)22-14-16-24(29)17-15-22/h14-21,23H,2-13H2,1H3/t21-,23-. The van der Waals surface area contributed by atoms with Gasteiger partial charge in [0.15, 0.2) is 0 Å². The van der Waals surface area contributed by atoms with Crippen LogP contribution in [0.4, 0.5) is 8.78 Å². The van der Waals surface area contributed by atoms with Crippen molar-refractivity contribution in [3.8, 4) is 16.9 Å². The third-order valence-electron chi connectivity index (χ3n) is 6.71. The molecule has 0 aromatic heterocycles. The lowest BCUT2D eigenvalue weighted by atomic mass is 9.80. The van der Waals surface area contributed by atoms with Crippen molar-refractivity contribution < 1.29 is 18.3 Å². The predicted molar refractivity (Wildman–Crippen MR) is 125 cm³/mol. The van der Waals surface area contributed by atoms with E-state index in [1.54, 1.807) is 12.1 Å². The molecule has 1 saturated carbocycles. The van der Waals surface area contributed by atoms with Gasteiger partial charge in [0.1, 0.15) is 17.4 Å². The SMILES string of the molecule is CCCCCCCCC[C@H]1CC[C@H](C(=O)Oc2ccc(-c3ccc(F)cc3)c(F)c2)CC1. The van der Waals surface area contributed by atoms with Gasteiger partial charge in [-0.25, -0.2) is 8.78 Å². The Hall–Kier alpha value is -2.23. The van der Waals surface area contributed by atoms with E-state index in [2.05, 4.69) is 6.92 Å². The number of carbonyl (C=O) groups excluding carboxylic acids is 1. The van der Waals surface area contributed by atoms with Crippen molar-refractivity contribution in [2.75, 3.05) is 0 Å². The van der Waals surface area contributed by atoms with Gasteiger partial charge in [0.25, 0.3) is 0 Å². The molecule has 0 spiro atoms. The number of carbonyl (C=O) groups is 1. The van der Waals surface area contributed by atoms with E-state index in [4.69, 9.17) is 4.74 Å². The fourth-order valence-corrected chi connectivity index (χ4v) is 4.70. The minimum absolute atomic E-state index is 0.0971. The molecule has 0 atom stereocenters. The highest BCUT2D eigenvalue weighted by Gasteiger charge is 2.27. The molecule has 0 saturated heterocycles. The van der Waals surface area contributed by atoms with E-state index in [0.29, 0.717) is 11.1 Å². The molecule has 2 aromatic rings. The first-order valence-corrected chi connectivity index (χ1v) is 12.3. The van der Waals surface area contributed by atoms with Crippen LogP contribution < -0.4 is 4.74 Å². The highest BCUT2D eigenvalue weighted by molar-refractivity contribution is 5.75. The summed E-state index contributed by atoms with van der Waals surface area (Å²) in [5.74, 6) is -0.253. The Morgan fingerprint density at radius 3 is 2.19 bits per heavy atom. The Balaban J connectivity index is 1.40. The van der Waals surface area contributed by atoms with Crippen LogP contribution >= 0.6 is 0 Å². The van der Waals surface area contributed by atoms with E-state index in [1.807, 2.05) is 0 Å². The summed E-state index contributed by atoms with van der Waals surface area (Å²) in [4.78, 5) is 12.6. The third kappa shape index (κ3) is 7.43. The minimum Gasteiger partial charge on any atom is -0.426 e. The zero-order valence-electron chi connectivity index (χ0n) is 19.3. The Bertz CT molecular complexity index is 839. The average molecular weight is 443 g/mol. The molecular weight excluding hydrogens is 406 g/mol. The fraction of sp³-hybridized carbons (Fsp3) is 0.536. The van der Waals surface area contributed by atoms with Gasteiger partial charge in [0.05, 0.1) is 5.92 Å². The van der Waals surface area contributed by atoms with Crippen LogP contribution in [-0.2, 0) is 4.79 Å². The molecule has 0 amide bonds. The van der Waals surface area contributed by atoms with Crippen molar-refractivity contribution in [3.63, 3.8) is 0 Å². The first kappa shape index (κ1) is 24.4. The van der Waals surface area contributed by atoms with Crippen LogP contribution in [-0.4, -0.2) is 5.97 Å². The van der Waals surface area contributed by atoms with Crippen LogP contribution in [0.3, 0.4) is 0 Å². The average Bonchev–Trinajstić information content (AvgIpc) is 2.80. The van der Waals surface area contributed by atoms with Crippen LogP contribution in [0.2, 0.25) is 0 Å². The van der Waals surface area contributed by atoms with E-state index in [9.17, 15) is 13.6 Å². The molecule has 0 heterocycles. The quantitative estimate of drug-likeness (QED) is 0.198. The Morgan fingerprint density at radius 2 is 1.53 bits per heavy atom. The lowest BCUT2D eigenvalue weighted by molar-refractivity contribution is -0.140.